The molecule has 2 aromatic rings. The number of amides is 1. The number of aromatic nitrogens is 1. The van der Waals surface area contributed by atoms with E-state index < -0.39 is 5.91 Å². The van der Waals surface area contributed by atoms with E-state index >= 15 is 0 Å². The van der Waals surface area contributed by atoms with Crippen molar-refractivity contribution in [3.05, 3.63) is 58.9 Å². The van der Waals surface area contributed by atoms with Gasteiger partial charge in [0.15, 0.2) is 5.84 Å². The maximum atomic E-state index is 12.0. The minimum absolute atomic E-state index is 0.0736. The minimum Gasteiger partial charge on any atom is -0.409 e. The summed E-state index contributed by atoms with van der Waals surface area (Å²) in [6.45, 7) is 0. The quantitative estimate of drug-likeness (QED) is 0.349. The first kappa shape index (κ1) is 13.8. The van der Waals surface area contributed by atoms with Crippen molar-refractivity contribution in [3.63, 3.8) is 0 Å². The second-order valence-corrected chi connectivity index (χ2v) is 4.26. The van der Waals surface area contributed by atoms with Crippen LogP contribution in [0.15, 0.2) is 47.8 Å². The van der Waals surface area contributed by atoms with Crippen LogP contribution in [0.25, 0.3) is 0 Å². The lowest BCUT2D eigenvalue weighted by Crippen LogP contribution is -2.16. The number of anilines is 1. The Morgan fingerprint density at radius 1 is 1.30 bits per heavy atom. The second-order valence-electron chi connectivity index (χ2n) is 3.85. The lowest BCUT2D eigenvalue weighted by atomic mass is 10.2. The van der Waals surface area contributed by atoms with E-state index in [1.54, 1.807) is 24.3 Å². The Morgan fingerprint density at radius 2 is 2.05 bits per heavy atom. The smallest absolute Gasteiger partial charge is 0.274 e. The summed E-state index contributed by atoms with van der Waals surface area (Å²) in [6.07, 6.45) is 1.34. The third kappa shape index (κ3) is 3.04. The van der Waals surface area contributed by atoms with Gasteiger partial charge in [-0.2, -0.15) is 0 Å². The highest BCUT2D eigenvalue weighted by molar-refractivity contribution is 6.33. The third-order valence-corrected chi connectivity index (χ3v) is 2.85. The van der Waals surface area contributed by atoms with Crippen LogP contribution in [-0.4, -0.2) is 21.9 Å². The van der Waals surface area contributed by atoms with Gasteiger partial charge in [-0.25, -0.2) is 0 Å². The lowest BCUT2D eigenvalue weighted by molar-refractivity contribution is 0.102. The van der Waals surface area contributed by atoms with Crippen LogP contribution < -0.4 is 11.1 Å². The van der Waals surface area contributed by atoms with Gasteiger partial charge in [-0.3, -0.25) is 9.78 Å². The monoisotopic (exact) mass is 290 g/mol. The molecule has 0 saturated heterocycles. The number of nitrogens with two attached hydrogens (primary N) is 1. The van der Waals surface area contributed by atoms with E-state index in [9.17, 15) is 4.79 Å². The van der Waals surface area contributed by atoms with Crippen molar-refractivity contribution in [1.29, 1.82) is 0 Å². The van der Waals surface area contributed by atoms with Crippen LogP contribution in [-0.2, 0) is 0 Å². The maximum Gasteiger partial charge on any atom is 0.274 e. The van der Waals surface area contributed by atoms with Gasteiger partial charge >= 0.3 is 0 Å². The number of amidine groups is 1. The molecule has 0 spiro atoms. The van der Waals surface area contributed by atoms with Crippen LogP contribution in [0.4, 0.5) is 5.69 Å². The molecule has 1 heterocycles. The molecule has 0 atom stereocenters. The van der Waals surface area contributed by atoms with Gasteiger partial charge < -0.3 is 16.3 Å². The van der Waals surface area contributed by atoms with Gasteiger partial charge in [0.25, 0.3) is 5.91 Å². The molecule has 2 rings (SSSR count). The number of para-hydroxylation sites is 1. The molecule has 0 radical (unpaired) electrons. The number of hydrogen-bond acceptors (Lipinski definition) is 4. The molecule has 1 aromatic heterocycles. The molecule has 102 valence electrons. The third-order valence-electron chi connectivity index (χ3n) is 2.52. The molecule has 7 heteroatoms. The molecule has 20 heavy (non-hydrogen) atoms. The number of carbonyl (C=O) groups is 1. The number of hydrogen-bond donors (Lipinski definition) is 3. The number of nitrogens with one attached hydrogen (secondary N) is 1. The second kappa shape index (κ2) is 6.03. The molecule has 0 fully saturated rings. The van der Waals surface area contributed by atoms with Crippen molar-refractivity contribution >= 4 is 29.0 Å². The zero-order valence-corrected chi connectivity index (χ0v) is 11.0. The molecular weight excluding hydrogens is 280 g/mol. The molecule has 0 aliphatic heterocycles. The molecular formula is C13H11ClN4O2. The summed E-state index contributed by atoms with van der Waals surface area (Å²) in [4.78, 5) is 15.9. The molecule has 4 N–H and O–H groups in total. The summed E-state index contributed by atoms with van der Waals surface area (Å²) >= 11 is 5.95. The van der Waals surface area contributed by atoms with Gasteiger partial charge in [-0.1, -0.05) is 28.9 Å². The summed E-state index contributed by atoms with van der Waals surface area (Å²) in [7, 11) is 0. The van der Waals surface area contributed by atoms with Crippen LogP contribution in [0.3, 0.4) is 0 Å². The summed E-state index contributed by atoms with van der Waals surface area (Å²) in [5, 5.41) is 14.5. The van der Waals surface area contributed by atoms with E-state index in [4.69, 9.17) is 22.5 Å². The van der Waals surface area contributed by atoms with Gasteiger partial charge in [-0.05, 0) is 24.3 Å². The van der Waals surface area contributed by atoms with E-state index in [0.29, 0.717) is 16.3 Å². The lowest BCUT2D eigenvalue weighted by Gasteiger charge is -2.06. The molecule has 1 aromatic carbocycles. The fourth-order valence-electron chi connectivity index (χ4n) is 1.49. The van der Waals surface area contributed by atoms with Crippen molar-refractivity contribution in [2.45, 2.75) is 0 Å². The van der Waals surface area contributed by atoms with Gasteiger partial charge in [-0.15, -0.1) is 0 Å². The molecule has 0 saturated carbocycles. The minimum atomic E-state index is -0.399. The first-order valence-corrected chi connectivity index (χ1v) is 5.99. The van der Waals surface area contributed by atoms with Gasteiger partial charge in [0.1, 0.15) is 5.69 Å². The number of nitrogens with zero attached hydrogens (tertiary/aromatic N) is 2. The molecule has 6 nitrogen and oxygen atoms in total. The van der Waals surface area contributed by atoms with Crippen molar-refractivity contribution in [1.82, 2.24) is 4.98 Å². The number of pyridine rings is 1. The van der Waals surface area contributed by atoms with E-state index in [2.05, 4.69) is 15.5 Å². The van der Waals surface area contributed by atoms with Crippen molar-refractivity contribution < 1.29 is 10.0 Å². The average Bonchev–Trinajstić information content (AvgIpc) is 2.49. The van der Waals surface area contributed by atoms with Crippen molar-refractivity contribution in [3.8, 4) is 0 Å². The Balaban J connectivity index is 2.16. The first-order valence-electron chi connectivity index (χ1n) is 5.61. The van der Waals surface area contributed by atoms with Crippen LogP contribution in [0, 0.1) is 0 Å². The molecule has 0 unspecified atom stereocenters. The van der Waals surface area contributed by atoms with Crippen molar-refractivity contribution in [2.75, 3.05) is 5.32 Å². The predicted molar refractivity (Wildman–Crippen MR) is 76.2 cm³/mol. The Morgan fingerprint density at radius 3 is 2.65 bits per heavy atom. The largest absolute Gasteiger partial charge is 0.409 e. The number of benzene rings is 1. The standard InChI is InChI=1S/C13H11ClN4O2/c14-9-3-1-2-4-10(9)17-13(19)11-6-5-8(7-16-11)12(15)18-20/h1-7,20H,(H2,15,18)(H,17,19). The Bertz CT molecular complexity index is 656. The fraction of sp³-hybridized carbons (Fsp3) is 0. The molecule has 0 aliphatic rings. The summed E-state index contributed by atoms with van der Waals surface area (Å²) in [6, 6.07) is 9.89. The van der Waals surface area contributed by atoms with Gasteiger partial charge in [0.2, 0.25) is 0 Å². The molecule has 0 bridgehead atoms. The summed E-state index contributed by atoms with van der Waals surface area (Å²) in [5.41, 5.74) is 6.52. The highest BCUT2D eigenvalue weighted by Crippen LogP contribution is 2.20. The Labute approximate surface area is 119 Å². The number of halogens is 1. The van der Waals surface area contributed by atoms with Gasteiger partial charge in [0.05, 0.1) is 10.7 Å². The van der Waals surface area contributed by atoms with Gasteiger partial charge in [0, 0.05) is 11.8 Å². The highest BCUT2D eigenvalue weighted by Gasteiger charge is 2.10. The average molecular weight is 291 g/mol. The number of oxime groups is 1. The van der Waals surface area contributed by atoms with E-state index in [1.807, 2.05) is 0 Å². The molecule has 0 aliphatic carbocycles. The van der Waals surface area contributed by atoms with Crippen LogP contribution in [0.5, 0.6) is 0 Å². The van der Waals surface area contributed by atoms with E-state index in [-0.39, 0.29) is 11.5 Å². The van der Waals surface area contributed by atoms with Crippen LogP contribution in [0.2, 0.25) is 5.02 Å². The summed E-state index contributed by atoms with van der Waals surface area (Å²) < 4.78 is 0. The zero-order valence-electron chi connectivity index (χ0n) is 10.2. The first-order chi connectivity index (χ1) is 9.61. The maximum absolute atomic E-state index is 12.0. The molecule has 1 amide bonds. The number of carbonyl (C=O) groups excluding carboxylic acids is 1. The highest BCUT2D eigenvalue weighted by atomic mass is 35.5. The topological polar surface area (TPSA) is 101 Å². The fourth-order valence-corrected chi connectivity index (χ4v) is 1.67. The zero-order chi connectivity index (χ0) is 14.5. The Kier molecular flexibility index (Phi) is 4.17. The SMILES string of the molecule is NC(=NO)c1ccc(C(=O)Nc2ccccc2Cl)nc1. The van der Waals surface area contributed by atoms with Crippen molar-refractivity contribution in [2.24, 2.45) is 10.9 Å². The van der Waals surface area contributed by atoms with E-state index in [0.717, 1.165) is 0 Å². The van der Waals surface area contributed by atoms with E-state index in [1.165, 1.54) is 18.3 Å². The number of rotatable bonds is 3. The Hall–Kier alpha value is -2.60. The summed E-state index contributed by atoms with van der Waals surface area (Å²) in [5.74, 6) is -0.472. The van der Waals surface area contributed by atoms with Crippen LogP contribution >= 0.6 is 11.6 Å². The predicted octanol–water partition coefficient (Wildman–Crippen LogP) is 2.08. The van der Waals surface area contributed by atoms with Crippen LogP contribution in [0.1, 0.15) is 16.1 Å². The normalized spacial score (nSPS) is 11.2.